The number of rotatable bonds is 1. The average Bonchev–Trinajstić information content (AvgIpc) is 2.46. The van der Waals surface area contributed by atoms with Gasteiger partial charge in [-0.05, 0) is 42.8 Å². The van der Waals surface area contributed by atoms with E-state index in [4.69, 9.17) is 0 Å². The van der Waals surface area contributed by atoms with Crippen LogP contribution in [-0.4, -0.2) is 5.84 Å². The Morgan fingerprint density at radius 3 is 2.77 bits per heavy atom. The number of nitrogens with zero attached hydrogens (tertiary/aromatic N) is 1. The first-order valence-electron chi connectivity index (χ1n) is 4.20. The zero-order valence-corrected chi connectivity index (χ0v) is 9.64. The number of aliphatic imine (C=N–C) groups is 1. The topological polar surface area (TPSA) is 24.4 Å². The molecule has 70 valence electrons. The molecule has 0 unspecified atom stereocenters. The molecule has 3 heteroatoms. The largest absolute Gasteiger partial charge is 0.344 e. The van der Waals surface area contributed by atoms with Crippen molar-refractivity contribution in [3.05, 3.63) is 34.1 Å². The fourth-order valence-corrected chi connectivity index (χ4v) is 1.26. The van der Waals surface area contributed by atoms with E-state index < -0.39 is 0 Å². The van der Waals surface area contributed by atoms with Gasteiger partial charge in [0.15, 0.2) is 0 Å². The van der Waals surface area contributed by atoms with Crippen molar-refractivity contribution in [1.29, 1.82) is 0 Å². The molecule has 0 amide bonds. The van der Waals surface area contributed by atoms with E-state index in [1.807, 2.05) is 32.9 Å². The van der Waals surface area contributed by atoms with E-state index in [1.165, 1.54) is 0 Å². The Balaban J connectivity index is 2.92. The van der Waals surface area contributed by atoms with Crippen LogP contribution in [0, 0.1) is 0 Å². The van der Waals surface area contributed by atoms with Crippen molar-refractivity contribution in [2.24, 2.45) is 4.99 Å². The third kappa shape index (κ3) is 2.56. The van der Waals surface area contributed by atoms with Crippen LogP contribution in [0.3, 0.4) is 0 Å². The summed E-state index contributed by atoms with van der Waals surface area (Å²) in [5.41, 5.74) is 2.26. The number of amidine groups is 1. The molecule has 0 spiro atoms. The summed E-state index contributed by atoms with van der Waals surface area (Å²) in [4.78, 5) is 4.36. The van der Waals surface area contributed by atoms with Gasteiger partial charge in [0.05, 0.1) is 0 Å². The second kappa shape index (κ2) is 4.42. The number of hydrogen-bond donors (Lipinski definition) is 1. The van der Waals surface area contributed by atoms with Crippen molar-refractivity contribution < 1.29 is 0 Å². The molecule has 0 fully saturated rings. The van der Waals surface area contributed by atoms with Crippen LogP contribution in [0.1, 0.15) is 20.8 Å². The molecule has 13 heavy (non-hydrogen) atoms. The van der Waals surface area contributed by atoms with Gasteiger partial charge in [-0.3, -0.25) is 0 Å². The third-order valence-corrected chi connectivity index (χ3v) is 2.36. The maximum absolute atomic E-state index is 4.36. The van der Waals surface area contributed by atoms with E-state index in [0.29, 0.717) is 0 Å². The van der Waals surface area contributed by atoms with Gasteiger partial charge in [-0.1, -0.05) is 12.2 Å². The van der Waals surface area contributed by atoms with Gasteiger partial charge in [0, 0.05) is 11.3 Å². The fraction of sp³-hybridized carbons (Fsp3) is 0.300. The Hall–Kier alpha value is -0.830. The van der Waals surface area contributed by atoms with E-state index in [9.17, 15) is 0 Å². The molecule has 0 saturated carbocycles. The lowest BCUT2D eigenvalue weighted by Gasteiger charge is -2.00. The lowest BCUT2D eigenvalue weighted by Crippen LogP contribution is -2.15. The Labute approximate surface area is 87.3 Å². The minimum absolute atomic E-state index is 0.845. The molecule has 1 aliphatic rings. The average molecular weight is 241 g/mol. The highest BCUT2D eigenvalue weighted by atomic mass is 79.9. The lowest BCUT2D eigenvalue weighted by molar-refractivity contribution is 1.15. The fourth-order valence-electron chi connectivity index (χ4n) is 1.08. The molecule has 0 saturated heterocycles. The molecule has 0 aromatic heterocycles. The molecular formula is C10H13BrN2. The van der Waals surface area contributed by atoms with Crippen LogP contribution in [0.15, 0.2) is 39.1 Å². The second-order valence-electron chi connectivity index (χ2n) is 2.77. The summed E-state index contributed by atoms with van der Waals surface area (Å²) >= 11 is 3.35. The summed E-state index contributed by atoms with van der Waals surface area (Å²) in [6.07, 6.45) is 6.03. The van der Waals surface area contributed by atoms with Crippen LogP contribution in [0.2, 0.25) is 0 Å². The van der Waals surface area contributed by atoms with Gasteiger partial charge in [-0.25, -0.2) is 4.99 Å². The van der Waals surface area contributed by atoms with Crippen LogP contribution in [-0.2, 0) is 0 Å². The van der Waals surface area contributed by atoms with Crippen molar-refractivity contribution in [2.45, 2.75) is 20.8 Å². The molecule has 0 atom stereocenters. The smallest absolute Gasteiger partial charge is 0.138 e. The summed E-state index contributed by atoms with van der Waals surface area (Å²) in [6, 6.07) is 0. The molecule has 0 aromatic carbocycles. The Bertz CT molecular complexity index is 322. The van der Waals surface area contributed by atoms with Crippen molar-refractivity contribution in [3.8, 4) is 0 Å². The molecule has 1 N–H and O–H groups in total. The van der Waals surface area contributed by atoms with Gasteiger partial charge in [0.25, 0.3) is 0 Å². The van der Waals surface area contributed by atoms with Gasteiger partial charge >= 0.3 is 0 Å². The van der Waals surface area contributed by atoms with Crippen molar-refractivity contribution in [3.63, 3.8) is 0 Å². The predicted octanol–water partition coefficient (Wildman–Crippen LogP) is 3.09. The number of hydrogen-bond acceptors (Lipinski definition) is 1. The molecule has 1 heterocycles. The maximum atomic E-state index is 4.36. The summed E-state index contributed by atoms with van der Waals surface area (Å²) in [5, 5.41) is 3.19. The van der Waals surface area contributed by atoms with Crippen LogP contribution in [0.25, 0.3) is 0 Å². The van der Waals surface area contributed by atoms with E-state index >= 15 is 0 Å². The SMILES string of the molecule is C/C=C1/C=C(C)N/C1=N/C(Br)=C\C. The van der Waals surface area contributed by atoms with E-state index in [-0.39, 0.29) is 0 Å². The number of nitrogens with one attached hydrogen (secondary N) is 1. The van der Waals surface area contributed by atoms with Gasteiger partial charge in [0.2, 0.25) is 0 Å². The highest BCUT2D eigenvalue weighted by molar-refractivity contribution is 9.11. The zero-order valence-electron chi connectivity index (χ0n) is 8.06. The Kier molecular flexibility index (Phi) is 3.48. The van der Waals surface area contributed by atoms with E-state index in [1.54, 1.807) is 0 Å². The highest BCUT2D eigenvalue weighted by Gasteiger charge is 2.11. The van der Waals surface area contributed by atoms with Crippen molar-refractivity contribution in [1.82, 2.24) is 5.32 Å². The van der Waals surface area contributed by atoms with Crippen LogP contribution in [0.4, 0.5) is 0 Å². The molecule has 0 aliphatic carbocycles. The van der Waals surface area contributed by atoms with Gasteiger partial charge < -0.3 is 5.32 Å². The molecule has 1 aliphatic heterocycles. The first-order valence-corrected chi connectivity index (χ1v) is 4.99. The molecule has 1 rings (SSSR count). The van der Waals surface area contributed by atoms with Gasteiger partial charge in [0.1, 0.15) is 10.4 Å². The molecule has 0 bridgehead atoms. The van der Waals surface area contributed by atoms with Gasteiger partial charge in [-0.15, -0.1) is 0 Å². The molecule has 2 nitrogen and oxygen atoms in total. The quantitative estimate of drug-likeness (QED) is 0.701. The minimum Gasteiger partial charge on any atom is -0.344 e. The Morgan fingerprint density at radius 2 is 2.23 bits per heavy atom. The summed E-state index contributed by atoms with van der Waals surface area (Å²) in [6.45, 7) is 5.97. The predicted molar refractivity (Wildman–Crippen MR) is 60.8 cm³/mol. The van der Waals surface area contributed by atoms with Gasteiger partial charge in [-0.2, -0.15) is 0 Å². The highest BCUT2D eigenvalue weighted by Crippen LogP contribution is 2.15. The van der Waals surface area contributed by atoms with Crippen LogP contribution < -0.4 is 5.32 Å². The summed E-state index contributed by atoms with van der Waals surface area (Å²) in [7, 11) is 0. The minimum atomic E-state index is 0.845. The van der Waals surface area contributed by atoms with Crippen LogP contribution >= 0.6 is 15.9 Å². The summed E-state index contributed by atoms with van der Waals surface area (Å²) in [5.74, 6) is 0.907. The first-order chi connectivity index (χ1) is 6.17. The first kappa shape index (κ1) is 10.3. The van der Waals surface area contributed by atoms with E-state index in [0.717, 1.165) is 21.7 Å². The Morgan fingerprint density at radius 1 is 1.54 bits per heavy atom. The second-order valence-corrected chi connectivity index (χ2v) is 3.58. The molecule has 0 radical (unpaired) electrons. The zero-order chi connectivity index (χ0) is 9.84. The summed E-state index contributed by atoms with van der Waals surface area (Å²) < 4.78 is 0.845. The standard InChI is InChI=1S/C10H13BrN2/c1-4-8-6-7(3)12-10(8)13-9(11)5-2/h4-6H,1-3H3,(H,12,13)/b8-4-,9-5-. The normalized spacial score (nSPS) is 23.7. The molecule has 0 aromatic rings. The van der Waals surface area contributed by atoms with E-state index in [2.05, 4.69) is 32.3 Å². The maximum Gasteiger partial charge on any atom is 0.138 e. The van der Waals surface area contributed by atoms with Crippen molar-refractivity contribution >= 4 is 21.8 Å². The number of halogens is 1. The number of allylic oxidation sites excluding steroid dienone is 3. The third-order valence-electron chi connectivity index (χ3n) is 1.73. The monoisotopic (exact) mass is 240 g/mol. The molecular weight excluding hydrogens is 228 g/mol. The van der Waals surface area contributed by atoms with Crippen molar-refractivity contribution in [2.75, 3.05) is 0 Å². The lowest BCUT2D eigenvalue weighted by atomic mass is 10.2. The van der Waals surface area contributed by atoms with Crippen LogP contribution in [0.5, 0.6) is 0 Å².